The first-order chi connectivity index (χ1) is 9.36. The van der Waals surface area contributed by atoms with Crippen molar-refractivity contribution in [2.45, 2.75) is 25.2 Å². The Morgan fingerprint density at radius 1 is 1.37 bits per heavy atom. The van der Waals surface area contributed by atoms with Crippen LogP contribution in [0.15, 0.2) is 6.20 Å². The fourth-order valence-electron chi connectivity index (χ4n) is 2.62. The largest absolute Gasteiger partial charge is 0.467 e. The van der Waals surface area contributed by atoms with E-state index in [2.05, 4.69) is 20.2 Å². The predicted molar refractivity (Wildman–Crippen MR) is 73.6 cm³/mol. The molecule has 104 valence electrons. The van der Waals surface area contributed by atoms with E-state index in [1.807, 2.05) is 6.20 Å². The summed E-state index contributed by atoms with van der Waals surface area (Å²) >= 11 is 0. The third kappa shape index (κ3) is 3.22. The van der Waals surface area contributed by atoms with Crippen molar-refractivity contribution in [2.75, 3.05) is 39.8 Å². The molecule has 0 spiro atoms. The first-order valence-corrected chi connectivity index (χ1v) is 7.19. The highest BCUT2D eigenvalue weighted by atomic mass is 16.5. The van der Waals surface area contributed by atoms with Crippen LogP contribution in [0, 0.1) is 0 Å². The van der Waals surface area contributed by atoms with Crippen LogP contribution in [0.3, 0.4) is 0 Å². The lowest BCUT2D eigenvalue weighted by Gasteiger charge is -2.27. The number of nitrogens with zero attached hydrogens (tertiary/aromatic N) is 3. The Balaban J connectivity index is 1.65. The summed E-state index contributed by atoms with van der Waals surface area (Å²) in [7, 11) is 1.63. The molecule has 0 radical (unpaired) electrons. The minimum atomic E-state index is 0.507. The summed E-state index contributed by atoms with van der Waals surface area (Å²) in [4.78, 5) is 11.3. The topological polar surface area (TPSA) is 50.3 Å². The zero-order chi connectivity index (χ0) is 13.1. The van der Waals surface area contributed by atoms with Crippen LogP contribution < -0.4 is 10.1 Å². The Hall–Kier alpha value is -1.20. The highest BCUT2D eigenvalue weighted by Gasteiger charge is 2.28. The second kappa shape index (κ2) is 5.84. The summed E-state index contributed by atoms with van der Waals surface area (Å²) in [6.07, 6.45) is 5.54. The van der Waals surface area contributed by atoms with Crippen LogP contribution in [0.2, 0.25) is 0 Å². The summed E-state index contributed by atoms with van der Waals surface area (Å²) in [5.74, 6) is 0.648. The second-order valence-electron chi connectivity index (χ2n) is 5.38. The van der Waals surface area contributed by atoms with Gasteiger partial charge in [0, 0.05) is 44.8 Å². The highest BCUT2D eigenvalue weighted by Crippen LogP contribution is 2.41. The van der Waals surface area contributed by atoms with E-state index in [9.17, 15) is 0 Å². The Labute approximate surface area is 114 Å². The number of nitrogens with one attached hydrogen (secondary N) is 1. The summed E-state index contributed by atoms with van der Waals surface area (Å²) in [6, 6.07) is 0.507. The summed E-state index contributed by atoms with van der Waals surface area (Å²) < 4.78 is 5.14. The zero-order valence-electron chi connectivity index (χ0n) is 11.6. The van der Waals surface area contributed by atoms with E-state index < -0.39 is 0 Å². The van der Waals surface area contributed by atoms with Gasteiger partial charge in [0.15, 0.2) is 0 Å². The molecule has 0 aromatic carbocycles. The number of hydrogen-bond acceptors (Lipinski definition) is 5. The molecule has 2 heterocycles. The van der Waals surface area contributed by atoms with Crippen molar-refractivity contribution in [3.05, 3.63) is 17.5 Å². The van der Waals surface area contributed by atoms with E-state index in [1.165, 1.54) is 24.1 Å². The number of rotatable bonds is 5. The molecule has 0 amide bonds. The number of methoxy groups -OCH3 is 1. The maximum Gasteiger partial charge on any atom is 0.316 e. The molecule has 0 unspecified atom stereocenters. The molecular formula is C14H22N4O. The van der Waals surface area contributed by atoms with Crippen molar-refractivity contribution >= 4 is 0 Å². The van der Waals surface area contributed by atoms with Gasteiger partial charge in [-0.25, -0.2) is 4.98 Å². The normalized spacial score (nSPS) is 20.5. The molecule has 3 rings (SSSR count). The van der Waals surface area contributed by atoms with Crippen molar-refractivity contribution in [3.8, 4) is 6.01 Å². The second-order valence-corrected chi connectivity index (χ2v) is 5.38. The standard InChI is InChI=1S/C14H22N4O/c1-19-14-16-10-12(13(17-14)11-2-3-11)4-7-18-8-5-15-6-9-18/h10-11,15H,2-9H2,1H3. The molecule has 2 fully saturated rings. The van der Waals surface area contributed by atoms with Gasteiger partial charge in [-0.15, -0.1) is 0 Å². The molecule has 5 heteroatoms. The van der Waals surface area contributed by atoms with E-state index in [4.69, 9.17) is 4.74 Å². The van der Waals surface area contributed by atoms with Crippen molar-refractivity contribution in [3.63, 3.8) is 0 Å². The molecule has 1 saturated carbocycles. The maximum atomic E-state index is 5.14. The number of aromatic nitrogens is 2. The fraction of sp³-hybridized carbons (Fsp3) is 0.714. The molecule has 1 aromatic heterocycles. The number of ether oxygens (including phenoxy) is 1. The van der Waals surface area contributed by atoms with Crippen LogP contribution in [0.1, 0.15) is 30.0 Å². The van der Waals surface area contributed by atoms with Crippen molar-refractivity contribution < 1.29 is 4.74 Å². The smallest absolute Gasteiger partial charge is 0.316 e. The maximum absolute atomic E-state index is 5.14. The van der Waals surface area contributed by atoms with Gasteiger partial charge in [0.1, 0.15) is 0 Å². The zero-order valence-corrected chi connectivity index (χ0v) is 11.6. The Kier molecular flexibility index (Phi) is 3.94. The lowest BCUT2D eigenvalue weighted by atomic mass is 10.1. The van der Waals surface area contributed by atoms with E-state index in [1.54, 1.807) is 7.11 Å². The van der Waals surface area contributed by atoms with Gasteiger partial charge < -0.3 is 15.0 Å². The van der Waals surface area contributed by atoms with E-state index >= 15 is 0 Å². The van der Waals surface area contributed by atoms with Gasteiger partial charge in [-0.2, -0.15) is 4.98 Å². The molecule has 0 atom stereocenters. The van der Waals surface area contributed by atoms with Crippen LogP contribution in [-0.4, -0.2) is 54.7 Å². The molecule has 5 nitrogen and oxygen atoms in total. The number of hydrogen-bond donors (Lipinski definition) is 1. The predicted octanol–water partition coefficient (Wildman–Crippen LogP) is 0.810. The lowest BCUT2D eigenvalue weighted by Crippen LogP contribution is -2.44. The van der Waals surface area contributed by atoms with Gasteiger partial charge in [0.25, 0.3) is 0 Å². The molecular weight excluding hydrogens is 240 g/mol. The van der Waals surface area contributed by atoms with Gasteiger partial charge in [0.2, 0.25) is 0 Å². The Bertz CT molecular complexity index is 427. The summed E-state index contributed by atoms with van der Waals surface area (Å²) in [5, 5.41) is 3.38. The molecule has 1 aromatic rings. The van der Waals surface area contributed by atoms with Crippen LogP contribution in [0.4, 0.5) is 0 Å². The number of piperazine rings is 1. The minimum Gasteiger partial charge on any atom is -0.467 e. The third-order valence-electron chi connectivity index (χ3n) is 3.93. The quantitative estimate of drug-likeness (QED) is 0.851. The van der Waals surface area contributed by atoms with Crippen LogP contribution in [0.25, 0.3) is 0 Å². The van der Waals surface area contributed by atoms with Crippen LogP contribution in [0.5, 0.6) is 6.01 Å². The van der Waals surface area contributed by atoms with Gasteiger partial charge in [-0.05, 0) is 24.8 Å². The Morgan fingerprint density at radius 2 is 2.16 bits per heavy atom. The summed E-state index contributed by atoms with van der Waals surface area (Å²) in [5.41, 5.74) is 2.53. The van der Waals surface area contributed by atoms with Gasteiger partial charge in [0.05, 0.1) is 12.8 Å². The van der Waals surface area contributed by atoms with Crippen LogP contribution in [-0.2, 0) is 6.42 Å². The first-order valence-electron chi connectivity index (χ1n) is 7.19. The van der Waals surface area contributed by atoms with Gasteiger partial charge >= 0.3 is 6.01 Å². The van der Waals surface area contributed by atoms with Crippen LogP contribution >= 0.6 is 0 Å². The van der Waals surface area contributed by atoms with Crippen molar-refractivity contribution in [2.24, 2.45) is 0 Å². The molecule has 2 aliphatic rings. The molecule has 1 aliphatic heterocycles. The summed E-state index contributed by atoms with van der Waals surface area (Å²) in [6.45, 7) is 5.62. The van der Waals surface area contributed by atoms with Crippen molar-refractivity contribution in [1.29, 1.82) is 0 Å². The van der Waals surface area contributed by atoms with E-state index in [0.29, 0.717) is 11.9 Å². The average Bonchev–Trinajstić information content (AvgIpc) is 3.30. The van der Waals surface area contributed by atoms with Gasteiger partial charge in [-0.1, -0.05) is 0 Å². The monoisotopic (exact) mass is 262 g/mol. The SMILES string of the molecule is COc1ncc(CCN2CCNCC2)c(C2CC2)n1. The molecule has 19 heavy (non-hydrogen) atoms. The molecule has 1 aliphatic carbocycles. The lowest BCUT2D eigenvalue weighted by molar-refractivity contribution is 0.243. The van der Waals surface area contributed by atoms with E-state index in [0.717, 1.165) is 39.1 Å². The highest BCUT2D eigenvalue weighted by molar-refractivity contribution is 5.26. The molecule has 0 bridgehead atoms. The van der Waals surface area contributed by atoms with Gasteiger partial charge in [-0.3, -0.25) is 0 Å². The minimum absolute atomic E-state index is 0.507. The molecule has 1 saturated heterocycles. The molecule has 1 N–H and O–H groups in total. The third-order valence-corrected chi connectivity index (χ3v) is 3.93. The van der Waals surface area contributed by atoms with Crippen molar-refractivity contribution in [1.82, 2.24) is 20.2 Å². The van der Waals surface area contributed by atoms with E-state index in [-0.39, 0.29) is 0 Å². The fourth-order valence-corrected chi connectivity index (χ4v) is 2.62. The average molecular weight is 262 g/mol. The Morgan fingerprint density at radius 3 is 2.84 bits per heavy atom. The first kappa shape index (κ1) is 12.8.